The summed E-state index contributed by atoms with van der Waals surface area (Å²) >= 11 is 1.44. The van der Waals surface area contributed by atoms with Gasteiger partial charge in [-0.15, -0.1) is 0 Å². The van der Waals surface area contributed by atoms with Crippen LogP contribution in [0, 0.1) is 0 Å². The van der Waals surface area contributed by atoms with Gasteiger partial charge in [0.1, 0.15) is 11.0 Å². The van der Waals surface area contributed by atoms with E-state index >= 15 is 0 Å². The monoisotopic (exact) mass is 366 g/mol. The van der Waals surface area contributed by atoms with Gasteiger partial charge < -0.3 is 9.47 Å². The molecule has 0 saturated carbocycles. The maximum atomic E-state index is 11.9. The molecular formula is C20H18N2O3S. The van der Waals surface area contributed by atoms with Gasteiger partial charge in [-0.3, -0.25) is 9.36 Å². The number of methoxy groups -OCH3 is 1. The van der Waals surface area contributed by atoms with E-state index < -0.39 is 0 Å². The maximum Gasteiger partial charge on any atom is 0.319 e. The van der Waals surface area contributed by atoms with E-state index in [9.17, 15) is 4.79 Å². The van der Waals surface area contributed by atoms with Gasteiger partial charge in [0.05, 0.1) is 31.3 Å². The van der Waals surface area contributed by atoms with Crippen LogP contribution in [-0.2, 0) is 9.53 Å². The molecule has 0 unspecified atom stereocenters. The molecule has 4 rings (SSSR count). The minimum absolute atomic E-state index is 0.175. The molecule has 1 fully saturated rings. The molecule has 1 saturated heterocycles. The highest BCUT2D eigenvalue weighted by atomic mass is 32.2. The first-order valence-corrected chi connectivity index (χ1v) is 9.26. The molecule has 3 aromatic rings. The molecule has 0 amide bonds. The maximum absolute atomic E-state index is 11.9. The summed E-state index contributed by atoms with van der Waals surface area (Å²) in [5.41, 5.74) is 2.89. The van der Waals surface area contributed by atoms with Crippen LogP contribution in [0.3, 0.4) is 0 Å². The number of cyclic esters (lactones) is 1. The number of ether oxygens (including phenoxy) is 2. The molecule has 1 aliphatic rings. The number of aromatic nitrogens is 2. The SMILES string of the molecule is COc1ccccc1-n1c(-c2ccccc2)cnc1S[C@H]1CCOC1=O. The summed E-state index contributed by atoms with van der Waals surface area (Å²) in [6.45, 7) is 0.470. The predicted molar refractivity (Wildman–Crippen MR) is 101 cm³/mol. The van der Waals surface area contributed by atoms with E-state index in [-0.39, 0.29) is 11.2 Å². The van der Waals surface area contributed by atoms with Crippen LogP contribution in [0.1, 0.15) is 6.42 Å². The lowest BCUT2D eigenvalue weighted by atomic mass is 10.1. The van der Waals surface area contributed by atoms with Gasteiger partial charge in [0.15, 0.2) is 5.16 Å². The third kappa shape index (κ3) is 3.08. The summed E-state index contributed by atoms with van der Waals surface area (Å²) in [6, 6.07) is 17.9. The minimum Gasteiger partial charge on any atom is -0.495 e. The minimum atomic E-state index is -0.227. The Morgan fingerprint density at radius 1 is 1.15 bits per heavy atom. The van der Waals surface area contributed by atoms with Crippen LogP contribution in [0.5, 0.6) is 5.75 Å². The summed E-state index contributed by atoms with van der Waals surface area (Å²) in [5, 5.41) is 0.520. The van der Waals surface area contributed by atoms with Crippen molar-refractivity contribution in [1.29, 1.82) is 0 Å². The molecule has 0 bridgehead atoms. The average molecular weight is 366 g/mol. The Labute approximate surface area is 156 Å². The van der Waals surface area contributed by atoms with Crippen molar-refractivity contribution >= 4 is 17.7 Å². The van der Waals surface area contributed by atoms with E-state index in [0.29, 0.717) is 13.0 Å². The summed E-state index contributed by atoms with van der Waals surface area (Å²) in [4.78, 5) is 16.5. The van der Waals surface area contributed by atoms with Gasteiger partial charge in [0.25, 0.3) is 0 Å². The van der Waals surface area contributed by atoms with Gasteiger partial charge in [-0.05, 0) is 12.1 Å². The van der Waals surface area contributed by atoms with Gasteiger partial charge in [-0.2, -0.15) is 0 Å². The van der Waals surface area contributed by atoms with Crippen molar-refractivity contribution in [2.24, 2.45) is 0 Å². The number of thioether (sulfide) groups is 1. The van der Waals surface area contributed by atoms with E-state index in [2.05, 4.69) is 4.98 Å². The number of esters is 1. The smallest absolute Gasteiger partial charge is 0.319 e. The van der Waals surface area contributed by atoms with Crippen LogP contribution < -0.4 is 4.74 Å². The van der Waals surface area contributed by atoms with Crippen molar-refractivity contribution in [2.45, 2.75) is 16.8 Å². The molecule has 0 aliphatic carbocycles. The number of carbonyl (C=O) groups is 1. The molecule has 1 atom stereocenters. The molecule has 1 aliphatic heterocycles. The number of carbonyl (C=O) groups excluding carboxylic acids is 1. The number of imidazole rings is 1. The molecule has 6 heteroatoms. The molecule has 0 spiro atoms. The fourth-order valence-corrected chi connectivity index (χ4v) is 4.04. The molecule has 2 heterocycles. The lowest BCUT2D eigenvalue weighted by Crippen LogP contribution is -2.11. The van der Waals surface area contributed by atoms with E-state index in [1.807, 2.05) is 65.4 Å². The molecule has 1 aromatic heterocycles. The van der Waals surface area contributed by atoms with Crippen LogP contribution in [0.4, 0.5) is 0 Å². The number of nitrogens with zero attached hydrogens (tertiary/aromatic N) is 2. The van der Waals surface area contributed by atoms with Crippen molar-refractivity contribution in [3.63, 3.8) is 0 Å². The van der Waals surface area contributed by atoms with E-state index in [4.69, 9.17) is 9.47 Å². The zero-order chi connectivity index (χ0) is 17.9. The van der Waals surface area contributed by atoms with Crippen molar-refractivity contribution in [3.05, 3.63) is 60.8 Å². The zero-order valence-electron chi connectivity index (χ0n) is 14.3. The van der Waals surface area contributed by atoms with Gasteiger partial charge in [-0.1, -0.05) is 54.2 Å². The van der Waals surface area contributed by atoms with Crippen LogP contribution in [0.15, 0.2) is 66.0 Å². The van der Waals surface area contributed by atoms with E-state index in [0.717, 1.165) is 27.9 Å². The topological polar surface area (TPSA) is 53.4 Å². The summed E-state index contributed by atoms with van der Waals surface area (Å²) in [5.74, 6) is 0.573. The number of hydrogen-bond acceptors (Lipinski definition) is 5. The van der Waals surface area contributed by atoms with Crippen LogP contribution in [0.25, 0.3) is 16.9 Å². The number of benzene rings is 2. The van der Waals surface area contributed by atoms with Gasteiger partial charge in [0, 0.05) is 12.0 Å². The highest BCUT2D eigenvalue weighted by molar-refractivity contribution is 8.00. The number of rotatable bonds is 5. The first-order chi connectivity index (χ1) is 12.8. The average Bonchev–Trinajstić information content (AvgIpc) is 3.29. The first-order valence-electron chi connectivity index (χ1n) is 8.38. The lowest BCUT2D eigenvalue weighted by Gasteiger charge is -2.16. The van der Waals surface area contributed by atoms with Crippen LogP contribution in [0.2, 0.25) is 0 Å². The Hall–Kier alpha value is -2.73. The Balaban J connectivity index is 1.85. The van der Waals surface area contributed by atoms with E-state index in [1.54, 1.807) is 7.11 Å². The van der Waals surface area contributed by atoms with Gasteiger partial charge in [-0.25, -0.2) is 4.98 Å². The van der Waals surface area contributed by atoms with Crippen molar-refractivity contribution in [2.75, 3.05) is 13.7 Å². The standard InChI is InChI=1S/C20H18N2O3S/c1-24-17-10-6-5-9-15(17)22-16(14-7-3-2-4-8-14)13-21-20(22)26-18-11-12-25-19(18)23/h2-10,13,18H,11-12H2,1H3/t18-/m0/s1. The quantitative estimate of drug-likeness (QED) is 0.640. The Bertz CT molecular complexity index is 924. The second-order valence-electron chi connectivity index (χ2n) is 5.86. The molecule has 132 valence electrons. The molecule has 2 aromatic carbocycles. The summed E-state index contributed by atoms with van der Waals surface area (Å²) < 4.78 is 12.7. The highest BCUT2D eigenvalue weighted by Gasteiger charge is 2.30. The normalized spacial score (nSPS) is 16.5. The molecular weight excluding hydrogens is 348 g/mol. The molecule has 0 N–H and O–H groups in total. The summed E-state index contributed by atoms with van der Waals surface area (Å²) in [6.07, 6.45) is 2.54. The van der Waals surface area contributed by atoms with Gasteiger partial charge in [0.2, 0.25) is 0 Å². The Morgan fingerprint density at radius 3 is 2.65 bits per heavy atom. The van der Waals surface area contributed by atoms with Crippen molar-refractivity contribution in [1.82, 2.24) is 9.55 Å². The fourth-order valence-electron chi connectivity index (χ4n) is 2.99. The second kappa shape index (κ2) is 7.25. The zero-order valence-corrected chi connectivity index (χ0v) is 15.1. The van der Waals surface area contributed by atoms with Crippen LogP contribution in [-0.4, -0.2) is 34.5 Å². The highest BCUT2D eigenvalue weighted by Crippen LogP contribution is 2.36. The molecule has 26 heavy (non-hydrogen) atoms. The van der Waals surface area contributed by atoms with Gasteiger partial charge >= 0.3 is 5.97 Å². The molecule has 0 radical (unpaired) electrons. The lowest BCUT2D eigenvalue weighted by molar-refractivity contribution is -0.137. The first kappa shape index (κ1) is 16.7. The van der Waals surface area contributed by atoms with Crippen molar-refractivity contribution < 1.29 is 14.3 Å². The Kier molecular flexibility index (Phi) is 4.67. The predicted octanol–water partition coefficient (Wildman–Crippen LogP) is 3.96. The van der Waals surface area contributed by atoms with E-state index in [1.165, 1.54) is 11.8 Å². The fraction of sp³-hybridized carbons (Fsp3) is 0.200. The Morgan fingerprint density at radius 2 is 1.92 bits per heavy atom. The number of para-hydroxylation sites is 2. The largest absolute Gasteiger partial charge is 0.495 e. The number of hydrogen-bond donors (Lipinski definition) is 0. The second-order valence-corrected chi connectivity index (χ2v) is 7.03. The van der Waals surface area contributed by atoms with Crippen LogP contribution >= 0.6 is 11.8 Å². The third-order valence-corrected chi connectivity index (χ3v) is 5.47. The van der Waals surface area contributed by atoms with Crippen molar-refractivity contribution in [3.8, 4) is 22.7 Å². The molecule has 5 nitrogen and oxygen atoms in total. The summed E-state index contributed by atoms with van der Waals surface area (Å²) in [7, 11) is 1.65. The third-order valence-electron chi connectivity index (χ3n) is 4.26.